The fourth-order valence-electron chi connectivity index (χ4n) is 1.03. The van der Waals surface area contributed by atoms with E-state index in [1.165, 1.54) is 0 Å². The fraction of sp³-hybridized carbons (Fsp3) is 0.417. The SMILES string of the molecule is CC(C)(C)OCc1cccc(C#N)c1. The molecule has 0 saturated heterocycles. The minimum atomic E-state index is -0.136. The third kappa shape index (κ3) is 3.59. The van der Waals surface area contributed by atoms with Gasteiger partial charge >= 0.3 is 0 Å². The Kier molecular flexibility index (Phi) is 3.27. The predicted octanol–water partition coefficient (Wildman–Crippen LogP) is 2.87. The Bertz CT molecular complexity index is 344. The van der Waals surface area contributed by atoms with Gasteiger partial charge in [0.1, 0.15) is 0 Å². The topological polar surface area (TPSA) is 33.0 Å². The maximum Gasteiger partial charge on any atom is 0.0991 e. The first-order chi connectivity index (χ1) is 6.51. The second-order valence-electron chi connectivity index (χ2n) is 4.21. The average molecular weight is 189 g/mol. The first-order valence-electron chi connectivity index (χ1n) is 4.64. The number of hydrogen-bond acceptors (Lipinski definition) is 2. The summed E-state index contributed by atoms with van der Waals surface area (Å²) >= 11 is 0. The van der Waals surface area contributed by atoms with Crippen LogP contribution in [0.1, 0.15) is 31.9 Å². The van der Waals surface area contributed by atoms with Gasteiger partial charge in [0.15, 0.2) is 0 Å². The Morgan fingerprint density at radius 2 is 2.07 bits per heavy atom. The molecule has 0 N–H and O–H groups in total. The second-order valence-corrected chi connectivity index (χ2v) is 4.21. The third-order valence-corrected chi connectivity index (χ3v) is 1.73. The van der Waals surface area contributed by atoms with Gasteiger partial charge in [-0.2, -0.15) is 5.26 Å². The zero-order valence-corrected chi connectivity index (χ0v) is 8.87. The molecular weight excluding hydrogens is 174 g/mol. The van der Waals surface area contributed by atoms with E-state index in [1.807, 2.05) is 39.0 Å². The van der Waals surface area contributed by atoms with Gasteiger partial charge in [0.25, 0.3) is 0 Å². The van der Waals surface area contributed by atoms with Crippen molar-refractivity contribution < 1.29 is 4.74 Å². The molecule has 0 amide bonds. The van der Waals surface area contributed by atoms with Crippen LogP contribution in [-0.2, 0) is 11.3 Å². The van der Waals surface area contributed by atoms with Crippen LogP contribution in [0.3, 0.4) is 0 Å². The highest BCUT2D eigenvalue weighted by atomic mass is 16.5. The van der Waals surface area contributed by atoms with Crippen molar-refractivity contribution in [1.82, 2.24) is 0 Å². The lowest BCUT2D eigenvalue weighted by Crippen LogP contribution is -2.18. The molecule has 0 radical (unpaired) electrons. The van der Waals surface area contributed by atoms with Gasteiger partial charge in [0.05, 0.1) is 23.8 Å². The Balaban J connectivity index is 2.65. The van der Waals surface area contributed by atoms with Gasteiger partial charge < -0.3 is 4.74 Å². The Labute approximate surface area is 85.1 Å². The predicted molar refractivity (Wildman–Crippen MR) is 55.7 cm³/mol. The molecule has 74 valence electrons. The molecule has 0 unspecified atom stereocenters. The second kappa shape index (κ2) is 4.26. The van der Waals surface area contributed by atoms with Crippen molar-refractivity contribution >= 4 is 0 Å². The molecule has 1 aromatic carbocycles. The van der Waals surface area contributed by atoms with Crippen molar-refractivity contribution in [3.63, 3.8) is 0 Å². The number of benzene rings is 1. The van der Waals surface area contributed by atoms with Crippen LogP contribution in [0.5, 0.6) is 0 Å². The average Bonchev–Trinajstić information content (AvgIpc) is 2.14. The molecule has 14 heavy (non-hydrogen) atoms. The Hall–Kier alpha value is -1.33. The first-order valence-corrected chi connectivity index (χ1v) is 4.64. The molecule has 0 aliphatic heterocycles. The van der Waals surface area contributed by atoms with Crippen LogP contribution in [0.2, 0.25) is 0 Å². The normalized spacial score (nSPS) is 11.0. The molecule has 1 aromatic rings. The maximum atomic E-state index is 8.70. The van der Waals surface area contributed by atoms with Crippen molar-refractivity contribution in [1.29, 1.82) is 5.26 Å². The quantitative estimate of drug-likeness (QED) is 0.716. The molecule has 0 atom stereocenters. The van der Waals surface area contributed by atoms with Gasteiger partial charge in [-0.3, -0.25) is 0 Å². The van der Waals surface area contributed by atoms with E-state index in [4.69, 9.17) is 10.00 Å². The van der Waals surface area contributed by atoms with E-state index in [0.29, 0.717) is 12.2 Å². The van der Waals surface area contributed by atoms with Crippen LogP contribution in [0.4, 0.5) is 0 Å². The molecule has 0 heterocycles. The molecule has 1 rings (SSSR count). The molecule has 0 spiro atoms. The monoisotopic (exact) mass is 189 g/mol. The summed E-state index contributed by atoms with van der Waals surface area (Å²) < 4.78 is 5.61. The molecule has 0 aliphatic carbocycles. The summed E-state index contributed by atoms with van der Waals surface area (Å²) in [5, 5.41) is 8.70. The van der Waals surface area contributed by atoms with Gasteiger partial charge in [-0.05, 0) is 38.5 Å². The smallest absolute Gasteiger partial charge is 0.0991 e. The summed E-state index contributed by atoms with van der Waals surface area (Å²) in [6.07, 6.45) is 0. The maximum absolute atomic E-state index is 8.70. The molecule has 2 heteroatoms. The Morgan fingerprint density at radius 3 is 2.64 bits per heavy atom. The number of nitriles is 1. The van der Waals surface area contributed by atoms with Crippen molar-refractivity contribution in [3.8, 4) is 6.07 Å². The molecule has 2 nitrogen and oxygen atoms in total. The fourth-order valence-corrected chi connectivity index (χ4v) is 1.03. The highest BCUT2D eigenvalue weighted by Crippen LogP contribution is 2.12. The number of ether oxygens (including phenoxy) is 1. The van der Waals surface area contributed by atoms with Gasteiger partial charge in [0.2, 0.25) is 0 Å². The highest BCUT2D eigenvalue weighted by Gasteiger charge is 2.09. The van der Waals surface area contributed by atoms with Crippen LogP contribution < -0.4 is 0 Å². The van der Waals surface area contributed by atoms with E-state index in [0.717, 1.165) is 5.56 Å². The molecule has 0 fully saturated rings. The van der Waals surface area contributed by atoms with Crippen LogP contribution in [-0.4, -0.2) is 5.60 Å². The van der Waals surface area contributed by atoms with Crippen LogP contribution >= 0.6 is 0 Å². The highest BCUT2D eigenvalue weighted by molar-refractivity contribution is 5.32. The van der Waals surface area contributed by atoms with Gasteiger partial charge in [-0.1, -0.05) is 12.1 Å². The summed E-state index contributed by atoms with van der Waals surface area (Å²) in [7, 11) is 0. The molecule has 0 aromatic heterocycles. The number of nitrogens with zero attached hydrogens (tertiary/aromatic N) is 1. The number of hydrogen-bond donors (Lipinski definition) is 0. The standard InChI is InChI=1S/C12H15NO/c1-12(2,3)14-9-11-6-4-5-10(7-11)8-13/h4-7H,9H2,1-3H3. The lowest BCUT2D eigenvalue weighted by Gasteiger charge is -2.19. The third-order valence-electron chi connectivity index (χ3n) is 1.73. The van der Waals surface area contributed by atoms with Crippen molar-refractivity contribution in [2.24, 2.45) is 0 Å². The summed E-state index contributed by atoms with van der Waals surface area (Å²) in [5.41, 5.74) is 1.59. The lowest BCUT2D eigenvalue weighted by atomic mass is 10.1. The van der Waals surface area contributed by atoms with E-state index >= 15 is 0 Å². The van der Waals surface area contributed by atoms with E-state index < -0.39 is 0 Å². The van der Waals surface area contributed by atoms with Crippen molar-refractivity contribution in [2.45, 2.75) is 33.0 Å². The molecule has 0 aliphatic rings. The zero-order valence-electron chi connectivity index (χ0n) is 8.87. The Morgan fingerprint density at radius 1 is 1.36 bits per heavy atom. The lowest BCUT2D eigenvalue weighted by molar-refractivity contribution is -0.0149. The van der Waals surface area contributed by atoms with Gasteiger partial charge in [0, 0.05) is 0 Å². The van der Waals surface area contributed by atoms with Crippen molar-refractivity contribution in [2.75, 3.05) is 0 Å². The minimum Gasteiger partial charge on any atom is -0.371 e. The van der Waals surface area contributed by atoms with E-state index in [9.17, 15) is 0 Å². The van der Waals surface area contributed by atoms with E-state index in [-0.39, 0.29) is 5.60 Å². The summed E-state index contributed by atoms with van der Waals surface area (Å²) in [4.78, 5) is 0. The zero-order chi connectivity index (χ0) is 10.6. The molecule has 0 bridgehead atoms. The summed E-state index contributed by atoms with van der Waals surface area (Å²) in [6.45, 7) is 6.60. The van der Waals surface area contributed by atoms with E-state index in [2.05, 4.69) is 6.07 Å². The van der Waals surface area contributed by atoms with Crippen LogP contribution in [0, 0.1) is 11.3 Å². The van der Waals surface area contributed by atoms with E-state index in [1.54, 1.807) is 6.07 Å². The molecule has 0 saturated carbocycles. The molecular formula is C12H15NO. The van der Waals surface area contributed by atoms with Crippen molar-refractivity contribution in [3.05, 3.63) is 35.4 Å². The first kappa shape index (κ1) is 10.7. The minimum absolute atomic E-state index is 0.136. The van der Waals surface area contributed by atoms with Crippen LogP contribution in [0.25, 0.3) is 0 Å². The summed E-state index contributed by atoms with van der Waals surface area (Å²) in [5.74, 6) is 0. The largest absolute Gasteiger partial charge is 0.371 e. The van der Waals surface area contributed by atoms with Gasteiger partial charge in [-0.25, -0.2) is 0 Å². The summed E-state index contributed by atoms with van der Waals surface area (Å²) in [6, 6.07) is 9.59. The number of rotatable bonds is 2. The van der Waals surface area contributed by atoms with Gasteiger partial charge in [-0.15, -0.1) is 0 Å². The van der Waals surface area contributed by atoms with Crippen LogP contribution in [0.15, 0.2) is 24.3 Å².